The highest BCUT2D eigenvalue weighted by Gasteiger charge is 2.91. The number of rotatable bonds is 10. The average molecular weight is 573 g/mol. The average Bonchev–Trinajstić information content (AvgIpc) is 2.69. The predicted molar refractivity (Wildman–Crippen MR) is 108 cm³/mol. The second kappa shape index (κ2) is 9.86. The molecule has 1 nitrogen and oxygen atoms in total. The zero-order chi connectivity index (χ0) is 28.9. The van der Waals surface area contributed by atoms with Gasteiger partial charge in [-0.2, -0.15) is 57.1 Å². The molecule has 0 bridgehead atoms. The van der Waals surface area contributed by atoms with Crippen LogP contribution in [0.2, 0.25) is 16.6 Å². The Hall–Kier alpha value is -1.15. The van der Waals surface area contributed by atoms with Gasteiger partial charge in [0.2, 0.25) is 0 Å². The first-order valence-electron chi connectivity index (χ1n) is 11.2. The van der Waals surface area contributed by atoms with Crippen LogP contribution in [0, 0.1) is 0 Å². The fourth-order valence-corrected chi connectivity index (χ4v) is 10.2. The summed E-state index contributed by atoms with van der Waals surface area (Å²) in [4.78, 5) is 0. The molecule has 1 aliphatic carbocycles. The van der Waals surface area contributed by atoms with Crippen molar-refractivity contribution < 1.29 is 61.5 Å². The summed E-state index contributed by atoms with van der Waals surface area (Å²) in [6.45, 7) is 10.1. The van der Waals surface area contributed by atoms with Crippen LogP contribution in [-0.2, 0) is 4.43 Å². The highest BCUT2D eigenvalue weighted by atomic mass is 28.4. The summed E-state index contributed by atoms with van der Waals surface area (Å²) < 4.78 is 184. The Bertz CT molecular complexity index is 791. The van der Waals surface area contributed by atoms with Crippen molar-refractivity contribution in [1.29, 1.82) is 0 Å². The molecule has 0 heterocycles. The summed E-state index contributed by atoms with van der Waals surface area (Å²) in [5.41, 5.74) is -2.76. The molecule has 0 N–H and O–H groups in total. The van der Waals surface area contributed by atoms with Crippen molar-refractivity contribution in [3.05, 3.63) is 11.3 Å². The van der Waals surface area contributed by atoms with Crippen LogP contribution in [-0.4, -0.2) is 44.1 Å². The maximum atomic E-state index is 15.0. The molecule has 0 spiro atoms. The van der Waals surface area contributed by atoms with E-state index in [0.717, 1.165) is 0 Å². The molecule has 0 fully saturated rings. The van der Waals surface area contributed by atoms with Gasteiger partial charge in [0.25, 0.3) is 8.32 Å². The number of hydrogen-bond donors (Lipinski definition) is 0. The fraction of sp³-hybridized carbons (Fsp3) is 0.905. The van der Waals surface area contributed by atoms with E-state index in [-0.39, 0.29) is 29.5 Å². The van der Waals surface area contributed by atoms with Crippen molar-refractivity contribution in [2.75, 3.05) is 0 Å². The highest BCUT2D eigenvalue weighted by Crippen LogP contribution is 2.62. The topological polar surface area (TPSA) is 9.23 Å². The first-order chi connectivity index (χ1) is 15.8. The zero-order valence-corrected chi connectivity index (χ0v) is 21.4. The Morgan fingerprint density at radius 1 is 0.556 bits per heavy atom. The lowest BCUT2D eigenvalue weighted by molar-refractivity contribution is -0.437. The van der Waals surface area contributed by atoms with Gasteiger partial charge in [0, 0.05) is 12.0 Å². The summed E-state index contributed by atoms with van der Waals surface area (Å²) in [5, 5.41) is 0. The zero-order valence-electron chi connectivity index (χ0n) is 20.4. The first kappa shape index (κ1) is 32.9. The molecular weight excluding hydrogens is 543 g/mol. The Morgan fingerprint density at radius 3 is 1.28 bits per heavy atom. The van der Waals surface area contributed by atoms with Crippen molar-refractivity contribution in [3.8, 4) is 0 Å². The molecular formula is C21H29F13OSi. The standard InChI is InChI=1S/C21H29F13OSi/c1-11(2)36(12(3)4,13(5)6)35-15-10-8-7-9-14(15)16(22,23)17(24,25)18(26,27)19(28,29)20(30,31)21(32,33)34/h11-13H,7-10H2,1-6H3. The summed E-state index contributed by atoms with van der Waals surface area (Å²) >= 11 is 0. The molecule has 214 valence electrons. The quantitative estimate of drug-likeness (QED) is 0.187. The Labute approximate surface area is 201 Å². The molecule has 36 heavy (non-hydrogen) atoms. The molecule has 0 radical (unpaired) electrons. The van der Waals surface area contributed by atoms with Crippen LogP contribution < -0.4 is 0 Å². The van der Waals surface area contributed by atoms with Crippen molar-refractivity contribution >= 4 is 8.32 Å². The van der Waals surface area contributed by atoms with E-state index in [4.69, 9.17) is 4.43 Å². The van der Waals surface area contributed by atoms with Gasteiger partial charge in [-0.1, -0.05) is 41.5 Å². The van der Waals surface area contributed by atoms with Gasteiger partial charge in [-0.3, -0.25) is 0 Å². The van der Waals surface area contributed by atoms with E-state index >= 15 is 8.78 Å². The molecule has 0 saturated carbocycles. The van der Waals surface area contributed by atoms with Gasteiger partial charge in [-0.15, -0.1) is 0 Å². The van der Waals surface area contributed by atoms with Crippen molar-refractivity contribution in [3.63, 3.8) is 0 Å². The fourth-order valence-electron chi connectivity index (χ4n) is 4.85. The van der Waals surface area contributed by atoms with E-state index in [1.165, 1.54) is 0 Å². The van der Waals surface area contributed by atoms with Gasteiger partial charge >= 0.3 is 35.8 Å². The maximum Gasteiger partial charge on any atom is 0.460 e. The van der Waals surface area contributed by atoms with Crippen LogP contribution in [0.1, 0.15) is 67.2 Å². The molecule has 1 rings (SSSR count). The molecule has 0 unspecified atom stereocenters. The second-order valence-corrected chi connectivity index (χ2v) is 15.3. The molecule has 0 aromatic carbocycles. The van der Waals surface area contributed by atoms with Gasteiger partial charge < -0.3 is 4.43 Å². The lowest BCUT2D eigenvalue weighted by atomic mass is 9.85. The van der Waals surface area contributed by atoms with Crippen LogP contribution in [0.3, 0.4) is 0 Å². The summed E-state index contributed by atoms with van der Waals surface area (Å²) in [7, 11) is -3.17. The Morgan fingerprint density at radius 2 is 0.917 bits per heavy atom. The molecule has 1 aliphatic rings. The minimum absolute atomic E-state index is 0.0813. The minimum Gasteiger partial charge on any atom is -0.546 e. The maximum absolute atomic E-state index is 15.0. The molecule has 0 saturated heterocycles. The van der Waals surface area contributed by atoms with Crippen LogP contribution >= 0.6 is 0 Å². The summed E-state index contributed by atoms with van der Waals surface area (Å²) in [5.74, 6) is -37.9. The van der Waals surface area contributed by atoms with Gasteiger partial charge in [0.05, 0.1) is 5.76 Å². The van der Waals surface area contributed by atoms with E-state index in [1.54, 1.807) is 41.5 Å². The third-order valence-corrected chi connectivity index (χ3v) is 12.8. The number of allylic oxidation sites excluding steroid dienone is 2. The SMILES string of the molecule is CC(C)[Si](OC1=C(C(F)(F)C(F)(F)C(F)(F)C(F)(F)C(F)(F)C(F)(F)F)CCCC1)(C(C)C)C(C)C. The smallest absolute Gasteiger partial charge is 0.460 e. The van der Waals surface area contributed by atoms with Crippen LogP contribution in [0.15, 0.2) is 11.3 Å². The van der Waals surface area contributed by atoms with Crippen molar-refractivity contribution in [2.45, 2.75) is 120 Å². The van der Waals surface area contributed by atoms with Gasteiger partial charge in [0.1, 0.15) is 0 Å². The van der Waals surface area contributed by atoms with Crippen LogP contribution in [0.25, 0.3) is 0 Å². The largest absolute Gasteiger partial charge is 0.546 e. The van der Waals surface area contributed by atoms with Crippen molar-refractivity contribution in [2.24, 2.45) is 0 Å². The number of halogens is 13. The predicted octanol–water partition coefficient (Wildman–Crippen LogP) is 9.75. The lowest BCUT2D eigenvalue weighted by Gasteiger charge is -2.45. The van der Waals surface area contributed by atoms with E-state index in [0.29, 0.717) is 0 Å². The molecule has 0 aromatic rings. The van der Waals surface area contributed by atoms with Gasteiger partial charge in [0.15, 0.2) is 0 Å². The van der Waals surface area contributed by atoms with Crippen LogP contribution in [0.4, 0.5) is 57.1 Å². The summed E-state index contributed by atoms with van der Waals surface area (Å²) in [6.07, 6.45) is -9.12. The van der Waals surface area contributed by atoms with E-state index < -0.39 is 68.3 Å². The lowest BCUT2D eigenvalue weighted by Crippen LogP contribution is -2.70. The Kier molecular flexibility index (Phi) is 9.01. The molecule has 0 amide bonds. The Balaban J connectivity index is 3.80. The van der Waals surface area contributed by atoms with Gasteiger partial charge in [-0.05, 0) is 35.9 Å². The van der Waals surface area contributed by atoms with E-state index in [9.17, 15) is 48.3 Å². The van der Waals surface area contributed by atoms with Crippen LogP contribution in [0.5, 0.6) is 0 Å². The number of hydrogen-bond acceptors (Lipinski definition) is 1. The third-order valence-electron chi connectivity index (χ3n) is 6.74. The monoisotopic (exact) mass is 572 g/mol. The highest BCUT2D eigenvalue weighted by molar-refractivity contribution is 6.77. The minimum atomic E-state index is -7.91. The second-order valence-electron chi connectivity index (χ2n) is 9.90. The molecule has 0 atom stereocenters. The van der Waals surface area contributed by atoms with E-state index in [2.05, 4.69) is 0 Å². The molecule has 15 heteroatoms. The normalized spacial score (nSPS) is 18.1. The summed E-state index contributed by atoms with van der Waals surface area (Å²) in [6, 6.07) is 0. The number of alkyl halides is 13. The molecule has 0 aliphatic heterocycles. The first-order valence-corrected chi connectivity index (χ1v) is 13.3. The molecule has 0 aromatic heterocycles. The van der Waals surface area contributed by atoms with Gasteiger partial charge in [-0.25, -0.2) is 0 Å². The van der Waals surface area contributed by atoms with E-state index in [1.807, 2.05) is 0 Å². The van der Waals surface area contributed by atoms with Crippen molar-refractivity contribution in [1.82, 2.24) is 0 Å². The third kappa shape index (κ3) is 4.74.